The summed E-state index contributed by atoms with van der Waals surface area (Å²) in [5, 5.41) is 2.35. The van der Waals surface area contributed by atoms with Gasteiger partial charge >= 0.3 is 0 Å². The van der Waals surface area contributed by atoms with Gasteiger partial charge in [-0.3, -0.25) is 0 Å². The van der Waals surface area contributed by atoms with Crippen LogP contribution in [0.4, 0.5) is 0 Å². The predicted molar refractivity (Wildman–Crippen MR) is 289 cm³/mol. The highest BCUT2D eigenvalue weighted by atomic mass is 28.4. The van der Waals surface area contributed by atoms with Crippen LogP contribution in [0.25, 0.3) is 0 Å². The number of aryl methyl sites for hydroxylation is 1. The molecule has 7 atom stereocenters. The maximum atomic E-state index is 12.8. The van der Waals surface area contributed by atoms with Crippen molar-refractivity contribution < 1.29 is 27.9 Å². The Labute approximate surface area is 418 Å². The number of hydrogen-bond donors (Lipinski definition) is 0. The molecule has 0 aliphatic heterocycles. The topological polar surface area (TPSA) is 63.2 Å². The van der Waals surface area contributed by atoms with Crippen molar-refractivity contribution in [2.45, 2.75) is 162 Å². The fraction of sp³-hybridized carbons (Fsp3) is 0.492. The fourth-order valence-corrected chi connectivity index (χ4v) is 20.7. The Morgan fingerprint density at radius 1 is 0.710 bits per heavy atom. The summed E-state index contributed by atoms with van der Waals surface area (Å²) in [6, 6.07) is 50.6. The maximum Gasteiger partial charge on any atom is 0.261 e. The Morgan fingerprint density at radius 2 is 1.25 bits per heavy atom. The lowest BCUT2D eigenvalue weighted by Gasteiger charge is -2.69. The van der Waals surface area contributed by atoms with E-state index in [9.17, 15) is 4.79 Å². The summed E-state index contributed by atoms with van der Waals surface area (Å²) < 4.78 is 36.7. The molecule has 1 saturated carbocycles. The molecule has 0 bridgehead atoms. The molecular weight excluding hydrogens is 885 g/mol. The molecule has 6 nitrogen and oxygen atoms in total. The Morgan fingerprint density at radius 3 is 1.77 bits per heavy atom. The Bertz CT molecular complexity index is 2360. The monoisotopic (exact) mass is 967 g/mol. The molecule has 0 spiro atoms. The van der Waals surface area contributed by atoms with E-state index in [2.05, 4.69) is 204 Å². The van der Waals surface area contributed by atoms with E-state index in [1.165, 1.54) is 27.1 Å². The number of carbonyl (C=O) groups is 1. The molecule has 69 heavy (non-hydrogen) atoms. The van der Waals surface area contributed by atoms with Gasteiger partial charge in [0.05, 0.1) is 18.8 Å². The minimum atomic E-state index is -2.92. The summed E-state index contributed by atoms with van der Waals surface area (Å²) >= 11 is 0. The van der Waals surface area contributed by atoms with Crippen molar-refractivity contribution in [3.05, 3.63) is 161 Å². The van der Waals surface area contributed by atoms with Crippen LogP contribution in [0.1, 0.15) is 129 Å². The second-order valence-corrected chi connectivity index (χ2v) is 31.2. The molecule has 0 heterocycles. The minimum Gasteiger partial charge on any atom is -0.489 e. The third kappa shape index (κ3) is 10.3. The molecular formula is C61H82O6Si2. The van der Waals surface area contributed by atoms with Crippen LogP contribution in [0.5, 0.6) is 5.75 Å². The van der Waals surface area contributed by atoms with E-state index in [1.54, 1.807) is 0 Å². The Balaban J connectivity index is 1.43. The molecule has 2 aliphatic rings. The summed E-state index contributed by atoms with van der Waals surface area (Å²) in [5.74, 6) is 0.851. The number of hydrogen-bond acceptors (Lipinski definition) is 6. The molecule has 0 N–H and O–H groups in total. The van der Waals surface area contributed by atoms with Crippen molar-refractivity contribution in [3.63, 3.8) is 0 Å². The molecule has 8 heteroatoms. The summed E-state index contributed by atoms with van der Waals surface area (Å²) in [4.78, 5) is 12.8. The van der Waals surface area contributed by atoms with Gasteiger partial charge in [-0.05, 0) is 98.9 Å². The molecule has 2 aliphatic carbocycles. The molecule has 0 amide bonds. The van der Waals surface area contributed by atoms with Crippen molar-refractivity contribution in [2.24, 2.45) is 16.7 Å². The van der Waals surface area contributed by atoms with Gasteiger partial charge < -0.3 is 27.9 Å². The van der Waals surface area contributed by atoms with Gasteiger partial charge in [-0.1, -0.05) is 197 Å². The lowest BCUT2D eigenvalue weighted by atomic mass is 9.38. The normalized spacial score (nSPS) is 24.9. The van der Waals surface area contributed by atoms with Crippen LogP contribution in [0, 0.1) is 23.7 Å². The van der Waals surface area contributed by atoms with Crippen LogP contribution < -0.4 is 15.1 Å². The number of aldehydes is 1. The quantitative estimate of drug-likeness (QED) is 0.0298. The van der Waals surface area contributed by atoms with Crippen LogP contribution >= 0.6 is 0 Å². The van der Waals surface area contributed by atoms with E-state index in [4.69, 9.17) is 23.1 Å². The molecule has 370 valence electrons. The first-order valence-electron chi connectivity index (χ1n) is 26.0. The first kappa shape index (κ1) is 52.7. The highest BCUT2D eigenvalue weighted by Crippen LogP contribution is 2.70. The van der Waals surface area contributed by atoms with Gasteiger partial charge in [-0.2, -0.15) is 0 Å². The molecule has 0 aromatic heterocycles. The largest absolute Gasteiger partial charge is 0.489 e. The van der Waals surface area contributed by atoms with Crippen LogP contribution in [-0.2, 0) is 41.7 Å². The van der Waals surface area contributed by atoms with Gasteiger partial charge in [0.1, 0.15) is 25.4 Å². The average Bonchev–Trinajstić information content (AvgIpc) is 3.35. The number of benzene rings is 5. The lowest BCUT2D eigenvalue weighted by Crippen LogP contribution is -2.69. The van der Waals surface area contributed by atoms with Crippen LogP contribution in [0.3, 0.4) is 0 Å². The second-order valence-electron chi connectivity index (χ2n) is 22.1. The predicted octanol–water partition coefficient (Wildman–Crippen LogP) is 13.9. The van der Waals surface area contributed by atoms with Gasteiger partial charge in [0.15, 0.2) is 8.32 Å². The molecule has 5 aromatic carbocycles. The first-order chi connectivity index (χ1) is 33.1. The van der Waals surface area contributed by atoms with Gasteiger partial charge in [0, 0.05) is 35.8 Å². The number of rotatable bonds is 22. The SMILES string of the molecule is CC[Si](CC)(CC)O[C@@H]1C[C@@]2(C)c3cc(C)cc(OCc4ccccc4)c3[C@@H](C)[C@H](OCOCc3ccccc3)[C@@H]2[C@](C)(CCO[Si](c2ccccc2)(c2ccccc2)C(C)(C)C)[C@]1(C)CCC=O. The van der Waals surface area contributed by atoms with Crippen LogP contribution in [0.2, 0.25) is 23.2 Å². The second kappa shape index (κ2) is 22.1. The third-order valence-electron chi connectivity index (χ3n) is 17.3. The summed E-state index contributed by atoms with van der Waals surface area (Å²) in [7, 11) is -5.12. The highest BCUT2D eigenvalue weighted by Gasteiger charge is 2.68. The van der Waals surface area contributed by atoms with E-state index in [1.807, 2.05) is 6.07 Å². The van der Waals surface area contributed by atoms with Crippen molar-refractivity contribution in [1.29, 1.82) is 0 Å². The lowest BCUT2D eigenvalue weighted by molar-refractivity contribution is -0.224. The zero-order chi connectivity index (χ0) is 49.5. The molecule has 0 radical (unpaired) electrons. The van der Waals surface area contributed by atoms with Crippen molar-refractivity contribution in [2.75, 3.05) is 13.4 Å². The van der Waals surface area contributed by atoms with Gasteiger partial charge in [-0.25, -0.2) is 0 Å². The summed E-state index contributed by atoms with van der Waals surface area (Å²) in [6.07, 6.45) is 3.47. The zero-order valence-corrected chi connectivity index (χ0v) is 45.8. The number of carbonyl (C=O) groups excluding carboxylic acids is 1. The number of fused-ring (bicyclic) bond motifs is 3. The Kier molecular flexibility index (Phi) is 16.9. The van der Waals surface area contributed by atoms with Crippen molar-refractivity contribution >= 4 is 33.3 Å². The zero-order valence-electron chi connectivity index (χ0n) is 43.8. The minimum absolute atomic E-state index is 0.0169. The van der Waals surface area contributed by atoms with Gasteiger partial charge in [-0.15, -0.1) is 0 Å². The van der Waals surface area contributed by atoms with E-state index < -0.39 is 32.9 Å². The van der Waals surface area contributed by atoms with Gasteiger partial charge in [0.2, 0.25) is 0 Å². The smallest absolute Gasteiger partial charge is 0.261 e. The van der Waals surface area contributed by atoms with Crippen molar-refractivity contribution in [1.82, 2.24) is 0 Å². The molecule has 1 fully saturated rings. The van der Waals surface area contributed by atoms with E-state index >= 15 is 0 Å². The fourth-order valence-electron chi connectivity index (χ4n) is 13.2. The third-order valence-corrected chi connectivity index (χ3v) is 27.0. The Hall–Kier alpha value is -4.16. The van der Waals surface area contributed by atoms with Crippen LogP contribution in [-0.4, -0.2) is 48.5 Å². The average molecular weight is 967 g/mol. The molecule has 0 saturated heterocycles. The molecule has 7 rings (SSSR count). The summed E-state index contributed by atoms with van der Waals surface area (Å²) in [5.41, 5.74) is 4.66. The maximum absolute atomic E-state index is 12.8. The highest BCUT2D eigenvalue weighted by molar-refractivity contribution is 6.99. The van der Waals surface area contributed by atoms with Crippen LogP contribution in [0.15, 0.2) is 133 Å². The number of ether oxygens (including phenoxy) is 3. The molecule has 5 aromatic rings. The van der Waals surface area contributed by atoms with Gasteiger partial charge in [0.25, 0.3) is 8.32 Å². The molecule has 0 unspecified atom stereocenters. The van der Waals surface area contributed by atoms with E-state index in [-0.39, 0.29) is 35.9 Å². The van der Waals surface area contributed by atoms with E-state index in [0.29, 0.717) is 32.7 Å². The van der Waals surface area contributed by atoms with E-state index in [0.717, 1.165) is 54.1 Å². The summed E-state index contributed by atoms with van der Waals surface area (Å²) in [6.45, 7) is 27.8. The first-order valence-corrected chi connectivity index (χ1v) is 30.4. The van der Waals surface area contributed by atoms with Crippen molar-refractivity contribution in [3.8, 4) is 5.75 Å². The standard InChI is InChI=1S/C61H82O6Si2/c1-12-68(13-2,14-3)67-54-42-59(9)52-40-46(4)41-53(64-44-49-30-21-16-22-31-49)55(52)47(5)56(65-45-63-43-48-28-19-15-20-29-48)57(59)61(11,60(54,10)36-27-38-62)37-39-66-69(58(6,7)8,50-32-23-17-24-33-50)51-34-25-18-26-35-51/h15-26,28-35,38,40-41,47,54,56-57H,12-14,27,36-37,39,42-45H2,1-11H3/t47-,54-,56+,57+,59+,60-,61+/m1/s1.